The highest BCUT2D eigenvalue weighted by Crippen LogP contribution is 2.24. The number of benzene rings is 1. The predicted octanol–water partition coefficient (Wildman–Crippen LogP) is 4.09. The highest BCUT2D eigenvalue weighted by Gasteiger charge is 2.10. The van der Waals surface area contributed by atoms with Gasteiger partial charge in [-0.25, -0.2) is 0 Å². The van der Waals surface area contributed by atoms with Gasteiger partial charge in [0.2, 0.25) is 0 Å². The Balaban J connectivity index is 2.00. The minimum absolute atomic E-state index is 0.789. The molecule has 0 N–H and O–H groups in total. The summed E-state index contributed by atoms with van der Waals surface area (Å²) in [5.74, 6) is 0. The Morgan fingerprint density at radius 1 is 1.20 bits per heavy atom. The first-order valence-corrected chi connectivity index (χ1v) is 6.59. The molecule has 0 atom stereocenters. The number of rotatable bonds is 2. The standard InChI is InChI=1S/C12H15BrClN/c13-11-8-10(4-5-12(11)14)9-15-6-2-1-3-7-15/h4-5,8H,1-3,6-7,9H2. The molecule has 1 aliphatic heterocycles. The molecular weight excluding hydrogens is 273 g/mol. The number of halogens is 2. The van der Waals surface area contributed by atoms with E-state index in [0.29, 0.717) is 0 Å². The number of piperidine rings is 1. The van der Waals surface area contributed by atoms with Crippen molar-refractivity contribution in [2.45, 2.75) is 25.8 Å². The average molecular weight is 289 g/mol. The van der Waals surface area contributed by atoms with Crippen molar-refractivity contribution in [3.8, 4) is 0 Å². The predicted molar refractivity (Wildman–Crippen MR) is 68.3 cm³/mol. The fourth-order valence-corrected chi connectivity index (χ4v) is 2.56. The van der Waals surface area contributed by atoms with Crippen LogP contribution in [0.4, 0.5) is 0 Å². The molecule has 3 heteroatoms. The van der Waals surface area contributed by atoms with E-state index in [2.05, 4.69) is 33.0 Å². The summed E-state index contributed by atoms with van der Waals surface area (Å²) < 4.78 is 0.999. The van der Waals surface area contributed by atoms with Gasteiger partial charge in [-0.3, -0.25) is 4.90 Å². The van der Waals surface area contributed by atoms with E-state index >= 15 is 0 Å². The molecule has 0 saturated carbocycles. The summed E-state index contributed by atoms with van der Waals surface area (Å²) in [7, 11) is 0. The van der Waals surface area contributed by atoms with Gasteiger partial charge in [0.05, 0.1) is 5.02 Å². The summed E-state index contributed by atoms with van der Waals surface area (Å²) in [6.07, 6.45) is 4.07. The Morgan fingerprint density at radius 3 is 2.60 bits per heavy atom. The molecule has 1 nitrogen and oxygen atoms in total. The molecule has 0 unspecified atom stereocenters. The van der Waals surface area contributed by atoms with Crippen molar-refractivity contribution in [1.82, 2.24) is 4.90 Å². The normalized spacial score (nSPS) is 18.0. The lowest BCUT2D eigenvalue weighted by Crippen LogP contribution is -2.29. The monoisotopic (exact) mass is 287 g/mol. The third-order valence-corrected chi connectivity index (χ3v) is 4.05. The van der Waals surface area contributed by atoms with Crippen molar-refractivity contribution in [2.24, 2.45) is 0 Å². The largest absolute Gasteiger partial charge is 0.299 e. The van der Waals surface area contributed by atoms with E-state index < -0.39 is 0 Å². The first-order valence-electron chi connectivity index (χ1n) is 5.42. The lowest BCUT2D eigenvalue weighted by molar-refractivity contribution is 0.221. The van der Waals surface area contributed by atoms with Crippen molar-refractivity contribution in [3.05, 3.63) is 33.3 Å². The molecule has 1 saturated heterocycles. The molecule has 82 valence electrons. The van der Waals surface area contributed by atoms with Crippen LogP contribution < -0.4 is 0 Å². The lowest BCUT2D eigenvalue weighted by atomic mass is 10.1. The van der Waals surface area contributed by atoms with Crippen molar-refractivity contribution in [2.75, 3.05) is 13.1 Å². The summed E-state index contributed by atoms with van der Waals surface area (Å²) >= 11 is 9.42. The molecule has 1 aromatic rings. The maximum Gasteiger partial charge on any atom is 0.0548 e. The van der Waals surface area contributed by atoms with Gasteiger partial charge >= 0.3 is 0 Å². The van der Waals surface area contributed by atoms with Crippen LogP contribution in [0.15, 0.2) is 22.7 Å². The maximum absolute atomic E-state index is 5.96. The van der Waals surface area contributed by atoms with Gasteiger partial charge in [0.25, 0.3) is 0 Å². The van der Waals surface area contributed by atoms with Crippen LogP contribution in [0.1, 0.15) is 24.8 Å². The van der Waals surface area contributed by atoms with E-state index in [0.717, 1.165) is 16.0 Å². The van der Waals surface area contributed by atoms with Crippen LogP contribution in [-0.4, -0.2) is 18.0 Å². The second kappa shape index (κ2) is 5.33. The van der Waals surface area contributed by atoms with E-state index in [4.69, 9.17) is 11.6 Å². The van der Waals surface area contributed by atoms with Crippen LogP contribution in [-0.2, 0) is 6.54 Å². The topological polar surface area (TPSA) is 3.24 Å². The fraction of sp³-hybridized carbons (Fsp3) is 0.500. The zero-order valence-corrected chi connectivity index (χ0v) is 11.0. The first-order chi connectivity index (χ1) is 7.25. The second-order valence-corrected chi connectivity index (χ2v) is 5.35. The van der Waals surface area contributed by atoms with Gasteiger partial charge in [-0.1, -0.05) is 24.1 Å². The zero-order chi connectivity index (χ0) is 10.7. The lowest BCUT2D eigenvalue weighted by Gasteiger charge is -2.26. The Hall–Kier alpha value is -0.0500. The van der Waals surface area contributed by atoms with E-state index in [9.17, 15) is 0 Å². The zero-order valence-electron chi connectivity index (χ0n) is 8.68. The van der Waals surface area contributed by atoms with Crippen molar-refractivity contribution in [3.63, 3.8) is 0 Å². The Labute approximate surface area is 105 Å². The molecule has 15 heavy (non-hydrogen) atoms. The van der Waals surface area contributed by atoms with Crippen LogP contribution in [0.25, 0.3) is 0 Å². The van der Waals surface area contributed by atoms with Crippen LogP contribution in [0.3, 0.4) is 0 Å². The first kappa shape index (κ1) is 11.4. The molecule has 0 bridgehead atoms. The molecule has 0 amide bonds. The Morgan fingerprint density at radius 2 is 1.93 bits per heavy atom. The molecule has 2 rings (SSSR count). The van der Waals surface area contributed by atoms with Gasteiger partial charge in [-0.15, -0.1) is 0 Å². The number of likely N-dealkylation sites (tertiary alicyclic amines) is 1. The Bertz CT molecular complexity index is 334. The summed E-state index contributed by atoms with van der Waals surface area (Å²) in [4.78, 5) is 2.51. The van der Waals surface area contributed by atoms with E-state index in [-0.39, 0.29) is 0 Å². The molecule has 0 spiro atoms. The quantitative estimate of drug-likeness (QED) is 0.792. The third kappa shape index (κ3) is 3.20. The minimum atomic E-state index is 0.789. The molecule has 1 aliphatic rings. The maximum atomic E-state index is 5.96. The molecule has 1 aromatic carbocycles. The van der Waals surface area contributed by atoms with E-state index in [1.165, 1.54) is 37.9 Å². The van der Waals surface area contributed by atoms with Crippen LogP contribution in [0.2, 0.25) is 5.02 Å². The van der Waals surface area contributed by atoms with Gasteiger partial charge in [-0.2, -0.15) is 0 Å². The van der Waals surface area contributed by atoms with Gasteiger partial charge in [0, 0.05) is 11.0 Å². The molecule has 0 aliphatic carbocycles. The highest BCUT2D eigenvalue weighted by atomic mass is 79.9. The summed E-state index contributed by atoms with van der Waals surface area (Å²) in [5, 5.41) is 0.789. The summed E-state index contributed by atoms with van der Waals surface area (Å²) in [5.41, 5.74) is 1.34. The van der Waals surface area contributed by atoms with Gasteiger partial charge in [0.1, 0.15) is 0 Å². The Kier molecular flexibility index (Phi) is 4.06. The summed E-state index contributed by atoms with van der Waals surface area (Å²) in [6, 6.07) is 6.20. The average Bonchev–Trinajstić information content (AvgIpc) is 2.25. The van der Waals surface area contributed by atoms with Crippen LogP contribution in [0.5, 0.6) is 0 Å². The second-order valence-electron chi connectivity index (χ2n) is 4.09. The van der Waals surface area contributed by atoms with Gasteiger partial charge < -0.3 is 0 Å². The number of hydrogen-bond acceptors (Lipinski definition) is 1. The van der Waals surface area contributed by atoms with Crippen LogP contribution in [0, 0.1) is 0 Å². The fourth-order valence-electron chi connectivity index (χ4n) is 2.01. The molecule has 1 heterocycles. The highest BCUT2D eigenvalue weighted by molar-refractivity contribution is 9.10. The summed E-state index contributed by atoms with van der Waals surface area (Å²) in [6.45, 7) is 3.52. The van der Waals surface area contributed by atoms with Crippen LogP contribution >= 0.6 is 27.5 Å². The van der Waals surface area contributed by atoms with E-state index in [1.54, 1.807) is 0 Å². The molecule has 0 radical (unpaired) electrons. The molecule has 0 aromatic heterocycles. The minimum Gasteiger partial charge on any atom is -0.299 e. The molecular formula is C12H15BrClN. The van der Waals surface area contributed by atoms with Gasteiger partial charge in [-0.05, 0) is 59.6 Å². The van der Waals surface area contributed by atoms with Gasteiger partial charge in [0.15, 0.2) is 0 Å². The third-order valence-electron chi connectivity index (χ3n) is 2.84. The van der Waals surface area contributed by atoms with E-state index in [1.807, 2.05) is 6.07 Å². The number of hydrogen-bond donors (Lipinski definition) is 0. The number of nitrogens with zero attached hydrogens (tertiary/aromatic N) is 1. The van der Waals surface area contributed by atoms with Crippen molar-refractivity contribution < 1.29 is 0 Å². The van der Waals surface area contributed by atoms with Crippen molar-refractivity contribution >= 4 is 27.5 Å². The SMILES string of the molecule is Clc1ccc(CN2CCCCC2)cc1Br. The smallest absolute Gasteiger partial charge is 0.0548 e. The van der Waals surface area contributed by atoms with Crippen molar-refractivity contribution in [1.29, 1.82) is 0 Å². The molecule has 1 fully saturated rings.